The van der Waals surface area contributed by atoms with Crippen LogP contribution in [0.3, 0.4) is 0 Å². The molecule has 5 heteroatoms. The highest BCUT2D eigenvalue weighted by atomic mass is 16.3. The number of aromatic nitrogens is 1. The number of hydrogen-bond donors (Lipinski definition) is 2. The predicted molar refractivity (Wildman–Crippen MR) is 73.9 cm³/mol. The van der Waals surface area contributed by atoms with Crippen LogP contribution in [-0.2, 0) is 4.79 Å². The Morgan fingerprint density at radius 1 is 1.53 bits per heavy atom. The van der Waals surface area contributed by atoms with Crippen LogP contribution in [0.4, 0.5) is 5.69 Å². The third kappa shape index (κ3) is 2.56. The Bertz CT molecular complexity index is 456. The number of carbonyl (C=O) groups is 1. The number of piperazine rings is 1. The lowest BCUT2D eigenvalue weighted by Crippen LogP contribution is -2.62. The van der Waals surface area contributed by atoms with Gasteiger partial charge in [0.15, 0.2) is 0 Å². The van der Waals surface area contributed by atoms with Gasteiger partial charge in [-0.15, -0.1) is 0 Å². The van der Waals surface area contributed by atoms with Crippen LogP contribution in [0.25, 0.3) is 0 Å². The Kier molecular flexibility index (Phi) is 3.75. The van der Waals surface area contributed by atoms with E-state index in [1.165, 1.54) is 0 Å². The molecule has 2 N–H and O–H groups in total. The maximum absolute atomic E-state index is 11.9. The van der Waals surface area contributed by atoms with Crippen molar-refractivity contribution in [2.45, 2.75) is 38.8 Å². The van der Waals surface area contributed by atoms with Gasteiger partial charge in [0.2, 0.25) is 5.91 Å². The van der Waals surface area contributed by atoms with Gasteiger partial charge in [-0.1, -0.05) is 6.92 Å². The monoisotopic (exact) mass is 263 g/mol. The molecule has 1 aliphatic rings. The molecule has 2 heterocycles. The lowest BCUT2D eigenvalue weighted by molar-refractivity contribution is -0.126. The van der Waals surface area contributed by atoms with Crippen molar-refractivity contribution in [1.82, 2.24) is 10.3 Å². The van der Waals surface area contributed by atoms with Gasteiger partial charge in [0.1, 0.15) is 5.54 Å². The van der Waals surface area contributed by atoms with Crippen molar-refractivity contribution in [3.63, 3.8) is 0 Å². The quantitative estimate of drug-likeness (QED) is 0.861. The summed E-state index contributed by atoms with van der Waals surface area (Å²) in [5, 5.41) is 12.6. The summed E-state index contributed by atoms with van der Waals surface area (Å²) < 4.78 is 0. The third-order valence-electron chi connectivity index (χ3n) is 3.66. The molecule has 0 radical (unpaired) electrons. The summed E-state index contributed by atoms with van der Waals surface area (Å²) in [6, 6.07) is 3.74. The topological polar surface area (TPSA) is 65.5 Å². The molecule has 1 aromatic heterocycles. The molecule has 5 nitrogen and oxygen atoms in total. The van der Waals surface area contributed by atoms with Crippen LogP contribution in [0.5, 0.6) is 0 Å². The molecule has 1 amide bonds. The van der Waals surface area contributed by atoms with Crippen LogP contribution in [-0.4, -0.2) is 34.6 Å². The molecular weight excluding hydrogens is 242 g/mol. The minimum absolute atomic E-state index is 0.0245. The first kappa shape index (κ1) is 13.8. The predicted octanol–water partition coefficient (Wildman–Crippen LogP) is 1.24. The summed E-state index contributed by atoms with van der Waals surface area (Å²) in [5.41, 5.74) is 1.00. The highest BCUT2D eigenvalue weighted by Crippen LogP contribution is 2.26. The second-order valence-corrected chi connectivity index (χ2v) is 5.33. The highest BCUT2D eigenvalue weighted by molar-refractivity contribution is 5.90. The molecule has 1 fully saturated rings. The van der Waals surface area contributed by atoms with E-state index >= 15 is 0 Å². The van der Waals surface area contributed by atoms with E-state index in [0.717, 1.165) is 12.2 Å². The van der Waals surface area contributed by atoms with E-state index in [4.69, 9.17) is 0 Å². The average Bonchev–Trinajstić information content (AvgIpc) is 2.41. The first-order valence-corrected chi connectivity index (χ1v) is 6.66. The van der Waals surface area contributed by atoms with Crippen molar-refractivity contribution in [2.24, 2.45) is 0 Å². The van der Waals surface area contributed by atoms with Crippen molar-refractivity contribution in [1.29, 1.82) is 0 Å². The third-order valence-corrected chi connectivity index (χ3v) is 3.66. The SMILES string of the molecule is CCC(O)c1ccc(N2CCNC(=O)C2(C)C)cn1. The van der Waals surface area contributed by atoms with Crippen molar-refractivity contribution in [3.05, 3.63) is 24.0 Å². The van der Waals surface area contributed by atoms with Crippen LogP contribution in [0.1, 0.15) is 39.0 Å². The second kappa shape index (κ2) is 5.17. The van der Waals surface area contributed by atoms with E-state index in [0.29, 0.717) is 18.7 Å². The van der Waals surface area contributed by atoms with Crippen LogP contribution in [0.15, 0.2) is 18.3 Å². The molecule has 104 valence electrons. The number of carbonyl (C=O) groups excluding carboxylic acids is 1. The van der Waals surface area contributed by atoms with Gasteiger partial charge in [-0.05, 0) is 32.4 Å². The van der Waals surface area contributed by atoms with Crippen LogP contribution in [0, 0.1) is 0 Å². The van der Waals surface area contributed by atoms with Crippen molar-refractivity contribution in [3.8, 4) is 0 Å². The van der Waals surface area contributed by atoms with Crippen LogP contribution >= 0.6 is 0 Å². The van der Waals surface area contributed by atoms with E-state index in [2.05, 4.69) is 10.3 Å². The lowest BCUT2D eigenvalue weighted by Gasteiger charge is -2.42. The van der Waals surface area contributed by atoms with Gasteiger partial charge in [-0.3, -0.25) is 9.78 Å². The molecular formula is C14H21N3O2. The maximum atomic E-state index is 11.9. The molecule has 2 rings (SSSR count). The van der Waals surface area contributed by atoms with Gasteiger partial charge >= 0.3 is 0 Å². The van der Waals surface area contributed by atoms with Crippen molar-refractivity contribution >= 4 is 11.6 Å². The normalized spacial score (nSPS) is 20.0. The standard InChI is InChI=1S/C14H21N3O2/c1-4-12(18)11-6-5-10(9-16-11)17-8-7-15-13(19)14(17,2)3/h5-6,9,12,18H,4,7-8H2,1-3H3,(H,15,19). The Morgan fingerprint density at radius 2 is 2.26 bits per heavy atom. The Labute approximate surface area is 113 Å². The number of pyridine rings is 1. The zero-order valence-corrected chi connectivity index (χ0v) is 11.7. The number of nitrogens with zero attached hydrogens (tertiary/aromatic N) is 2. The van der Waals surface area contributed by atoms with Gasteiger partial charge in [-0.2, -0.15) is 0 Å². The summed E-state index contributed by atoms with van der Waals surface area (Å²) >= 11 is 0. The summed E-state index contributed by atoms with van der Waals surface area (Å²) in [5.74, 6) is 0.0245. The van der Waals surface area contributed by atoms with E-state index < -0.39 is 11.6 Å². The number of aliphatic hydroxyl groups is 1. The number of rotatable bonds is 3. The fraction of sp³-hybridized carbons (Fsp3) is 0.571. The molecule has 1 atom stereocenters. The average molecular weight is 263 g/mol. The number of hydrogen-bond acceptors (Lipinski definition) is 4. The first-order chi connectivity index (χ1) is 8.96. The largest absolute Gasteiger partial charge is 0.387 e. The first-order valence-electron chi connectivity index (χ1n) is 6.66. The molecule has 1 saturated heterocycles. The van der Waals surface area contributed by atoms with E-state index in [1.54, 1.807) is 6.20 Å². The summed E-state index contributed by atoms with van der Waals surface area (Å²) in [6.45, 7) is 7.11. The molecule has 0 aromatic carbocycles. The maximum Gasteiger partial charge on any atom is 0.245 e. The Hall–Kier alpha value is -1.62. The summed E-state index contributed by atoms with van der Waals surface area (Å²) in [6.07, 6.45) is 1.85. The van der Waals surface area contributed by atoms with Crippen LogP contribution in [0.2, 0.25) is 0 Å². The molecule has 0 bridgehead atoms. The molecule has 19 heavy (non-hydrogen) atoms. The van der Waals surface area contributed by atoms with E-state index in [1.807, 2.05) is 37.8 Å². The minimum atomic E-state index is -0.579. The molecule has 0 spiro atoms. The summed E-state index contributed by atoms with van der Waals surface area (Å²) in [7, 11) is 0. The Morgan fingerprint density at radius 3 is 2.84 bits per heavy atom. The molecule has 0 aliphatic carbocycles. The highest BCUT2D eigenvalue weighted by Gasteiger charge is 2.37. The number of anilines is 1. The number of amides is 1. The number of aliphatic hydroxyl groups excluding tert-OH is 1. The van der Waals surface area contributed by atoms with Crippen LogP contribution < -0.4 is 10.2 Å². The van der Waals surface area contributed by atoms with Gasteiger partial charge in [0.25, 0.3) is 0 Å². The molecule has 1 aromatic rings. The zero-order chi connectivity index (χ0) is 14.0. The molecule has 1 unspecified atom stereocenters. The van der Waals surface area contributed by atoms with E-state index in [9.17, 15) is 9.90 Å². The van der Waals surface area contributed by atoms with Crippen molar-refractivity contribution < 1.29 is 9.90 Å². The smallest absolute Gasteiger partial charge is 0.245 e. The fourth-order valence-corrected chi connectivity index (χ4v) is 2.31. The second-order valence-electron chi connectivity index (χ2n) is 5.33. The fourth-order valence-electron chi connectivity index (χ4n) is 2.31. The van der Waals surface area contributed by atoms with Gasteiger partial charge in [0.05, 0.1) is 23.7 Å². The minimum Gasteiger partial charge on any atom is -0.387 e. The van der Waals surface area contributed by atoms with Gasteiger partial charge < -0.3 is 15.3 Å². The molecule has 0 saturated carbocycles. The molecule has 1 aliphatic heterocycles. The number of nitrogens with one attached hydrogen (secondary N) is 1. The van der Waals surface area contributed by atoms with Gasteiger partial charge in [0, 0.05) is 13.1 Å². The van der Waals surface area contributed by atoms with Gasteiger partial charge in [-0.25, -0.2) is 0 Å². The Balaban J connectivity index is 2.24. The zero-order valence-electron chi connectivity index (χ0n) is 11.7. The van der Waals surface area contributed by atoms with E-state index in [-0.39, 0.29) is 5.91 Å². The lowest BCUT2D eigenvalue weighted by atomic mass is 9.98. The summed E-state index contributed by atoms with van der Waals surface area (Å²) in [4.78, 5) is 18.2. The van der Waals surface area contributed by atoms with Crippen molar-refractivity contribution in [2.75, 3.05) is 18.0 Å².